The molecule has 11 heteroatoms. The van der Waals surface area contributed by atoms with Gasteiger partial charge in [0.2, 0.25) is 0 Å². The summed E-state index contributed by atoms with van der Waals surface area (Å²) in [5, 5.41) is 4.64. The first-order chi connectivity index (χ1) is 15.9. The molecule has 0 unspecified atom stereocenters. The quantitative estimate of drug-likeness (QED) is 0.467. The van der Waals surface area contributed by atoms with Crippen molar-refractivity contribution in [1.82, 2.24) is 14.7 Å². The largest absolute Gasteiger partial charge is 0.441 e. The highest BCUT2D eigenvalue weighted by Gasteiger charge is 2.22. The molecule has 0 radical (unpaired) electrons. The van der Waals surface area contributed by atoms with E-state index in [1.54, 1.807) is 13.2 Å². The highest BCUT2D eigenvalue weighted by atomic mass is 32.1. The third-order valence-corrected chi connectivity index (χ3v) is 7.09. The van der Waals surface area contributed by atoms with Gasteiger partial charge in [0.05, 0.1) is 16.8 Å². The maximum atomic E-state index is 11.7. The van der Waals surface area contributed by atoms with Crippen LogP contribution < -0.4 is 27.0 Å². The van der Waals surface area contributed by atoms with Crippen LogP contribution in [0.25, 0.3) is 21.6 Å². The van der Waals surface area contributed by atoms with E-state index in [-0.39, 0.29) is 0 Å². The van der Waals surface area contributed by atoms with Crippen LogP contribution in [-0.2, 0) is 7.05 Å². The van der Waals surface area contributed by atoms with E-state index >= 15 is 0 Å². The summed E-state index contributed by atoms with van der Waals surface area (Å²) < 4.78 is 6.11. The van der Waals surface area contributed by atoms with E-state index in [1.165, 1.54) is 15.9 Å². The number of aromatic nitrogens is 3. The van der Waals surface area contributed by atoms with Crippen molar-refractivity contribution >= 4 is 44.5 Å². The van der Waals surface area contributed by atoms with Crippen LogP contribution >= 0.6 is 11.3 Å². The van der Waals surface area contributed by atoms with Crippen molar-refractivity contribution in [1.29, 1.82) is 0 Å². The molecule has 3 aromatic heterocycles. The molecule has 0 atom stereocenters. The number of hydrogen-bond acceptors (Lipinski definition) is 9. The fraction of sp³-hybridized carbons (Fsp3) is 0.273. The first-order valence-corrected chi connectivity index (χ1v) is 11.4. The molecule has 0 bridgehead atoms. The van der Waals surface area contributed by atoms with Gasteiger partial charge in [0.15, 0.2) is 5.82 Å². The number of anilines is 3. The smallest absolute Gasteiger partial charge is 0.397 e. The van der Waals surface area contributed by atoms with Crippen molar-refractivity contribution in [2.45, 2.75) is 6.42 Å². The number of rotatable bonds is 4. The first kappa shape index (κ1) is 21.0. The summed E-state index contributed by atoms with van der Waals surface area (Å²) in [6.07, 6.45) is 2.70. The minimum Gasteiger partial charge on any atom is -0.397 e. The van der Waals surface area contributed by atoms with Crippen LogP contribution in [0.1, 0.15) is 16.1 Å². The Morgan fingerprint density at radius 2 is 1.82 bits per heavy atom. The molecule has 5 rings (SSSR count). The van der Waals surface area contributed by atoms with Gasteiger partial charge in [-0.2, -0.15) is 0 Å². The van der Waals surface area contributed by atoms with Crippen molar-refractivity contribution < 1.29 is 9.32 Å². The summed E-state index contributed by atoms with van der Waals surface area (Å²) in [6, 6.07) is 9.90. The molecular weight excluding hydrogens is 442 g/mol. The molecule has 4 N–H and O–H groups in total. The van der Waals surface area contributed by atoms with Crippen molar-refractivity contribution in [2.24, 2.45) is 12.8 Å². The van der Waals surface area contributed by atoms with E-state index in [2.05, 4.69) is 19.9 Å². The maximum Gasteiger partial charge on any atom is 0.441 e. The number of thiophene rings is 1. The molecule has 1 aliphatic rings. The predicted octanol–water partition coefficient (Wildman–Crippen LogP) is 2.05. The lowest BCUT2D eigenvalue weighted by Gasteiger charge is -2.25. The highest BCUT2D eigenvalue weighted by molar-refractivity contribution is 7.21. The number of amides is 1. The van der Waals surface area contributed by atoms with E-state index in [4.69, 9.17) is 16.0 Å². The van der Waals surface area contributed by atoms with Crippen LogP contribution in [0.3, 0.4) is 0 Å². The third-order valence-electron chi connectivity index (χ3n) is 5.96. The molecule has 170 valence electrons. The molecule has 10 nitrogen and oxygen atoms in total. The minimum absolute atomic E-state index is 0.353. The van der Waals surface area contributed by atoms with Gasteiger partial charge >= 0.3 is 5.76 Å². The number of carbonyl (C=O) groups is 1. The lowest BCUT2D eigenvalue weighted by atomic mass is 10.2. The van der Waals surface area contributed by atoms with Crippen molar-refractivity contribution in [2.75, 3.05) is 41.7 Å². The van der Waals surface area contributed by atoms with E-state index in [0.717, 1.165) is 59.8 Å². The number of benzene rings is 1. The second-order valence-corrected chi connectivity index (χ2v) is 8.92. The van der Waals surface area contributed by atoms with Gasteiger partial charge in [0, 0.05) is 50.7 Å². The number of hydrogen-bond donors (Lipinski definition) is 2. The van der Waals surface area contributed by atoms with Crippen LogP contribution in [0.4, 0.5) is 17.1 Å². The van der Waals surface area contributed by atoms with Gasteiger partial charge in [0.1, 0.15) is 9.71 Å². The first-order valence-electron chi connectivity index (χ1n) is 10.5. The number of carbonyl (C=O) groups excluding carboxylic acids is 1. The number of nitrogens with two attached hydrogens (primary N) is 2. The lowest BCUT2D eigenvalue weighted by Crippen LogP contribution is -2.30. The van der Waals surface area contributed by atoms with E-state index < -0.39 is 11.7 Å². The standard InChI is InChI=1S/C22H23N7O3S/c1-27-20(26-32-22(27)31)13-3-5-14(6-4-13)28-9-2-10-29(12-11-28)15-7-8-25-21-16(15)17(23)18(33-21)19(24)30/h3-8H,2,9-12,23H2,1H3,(H2,24,30). The molecule has 33 heavy (non-hydrogen) atoms. The Morgan fingerprint density at radius 1 is 1.09 bits per heavy atom. The molecule has 0 aliphatic carbocycles. The Balaban J connectivity index is 1.37. The molecule has 1 fully saturated rings. The number of fused-ring (bicyclic) bond motifs is 1. The topological polar surface area (TPSA) is 137 Å². The lowest BCUT2D eigenvalue weighted by molar-refractivity contribution is 0.100. The third kappa shape index (κ3) is 3.69. The minimum atomic E-state index is -0.530. The second kappa shape index (κ2) is 8.24. The van der Waals surface area contributed by atoms with Gasteiger partial charge in [-0.25, -0.2) is 9.78 Å². The zero-order valence-corrected chi connectivity index (χ0v) is 18.8. The van der Waals surface area contributed by atoms with Gasteiger partial charge in [-0.3, -0.25) is 13.9 Å². The zero-order chi connectivity index (χ0) is 23.1. The Hall–Kier alpha value is -3.86. The van der Waals surface area contributed by atoms with Crippen LogP contribution in [0.5, 0.6) is 0 Å². The number of pyridine rings is 1. The van der Waals surface area contributed by atoms with Gasteiger partial charge in [-0.15, -0.1) is 11.3 Å². The summed E-state index contributed by atoms with van der Waals surface area (Å²) in [5.74, 6) is -0.516. The average Bonchev–Trinajstić information content (AvgIpc) is 3.22. The molecule has 1 aromatic carbocycles. The molecule has 0 saturated carbocycles. The van der Waals surface area contributed by atoms with Gasteiger partial charge in [0.25, 0.3) is 5.91 Å². The average molecular weight is 466 g/mol. The van der Waals surface area contributed by atoms with E-state index in [0.29, 0.717) is 16.4 Å². The van der Waals surface area contributed by atoms with Gasteiger partial charge in [-0.1, -0.05) is 5.16 Å². The Bertz CT molecular complexity index is 1390. The SMILES string of the molecule is Cn1c(-c2ccc(N3CCCN(c4ccnc5sc(C(N)=O)c(N)c45)CC3)cc2)noc1=O. The summed E-state index contributed by atoms with van der Waals surface area (Å²) >= 11 is 1.23. The highest BCUT2D eigenvalue weighted by Crippen LogP contribution is 2.38. The van der Waals surface area contributed by atoms with Crippen molar-refractivity contribution in [3.63, 3.8) is 0 Å². The van der Waals surface area contributed by atoms with Crippen LogP contribution in [0.15, 0.2) is 45.8 Å². The molecular formula is C22H23N7O3S. The van der Waals surface area contributed by atoms with Gasteiger partial charge < -0.3 is 21.3 Å². The molecule has 1 amide bonds. The summed E-state index contributed by atoms with van der Waals surface area (Å²) in [5.41, 5.74) is 15.1. The Kier molecular flexibility index (Phi) is 5.25. The fourth-order valence-electron chi connectivity index (χ4n) is 4.25. The molecule has 0 spiro atoms. The molecule has 1 saturated heterocycles. The van der Waals surface area contributed by atoms with Crippen LogP contribution in [0, 0.1) is 0 Å². The van der Waals surface area contributed by atoms with Crippen molar-refractivity contribution in [3.05, 3.63) is 52.0 Å². The summed E-state index contributed by atoms with van der Waals surface area (Å²) in [7, 11) is 1.63. The van der Waals surface area contributed by atoms with Crippen LogP contribution in [-0.4, -0.2) is 46.8 Å². The Labute approximate surface area is 193 Å². The van der Waals surface area contributed by atoms with Crippen molar-refractivity contribution in [3.8, 4) is 11.4 Å². The summed E-state index contributed by atoms with van der Waals surface area (Å²) in [4.78, 5) is 33.4. The molecule has 1 aliphatic heterocycles. The second-order valence-electron chi connectivity index (χ2n) is 7.92. The maximum absolute atomic E-state index is 11.7. The number of nitrogen functional groups attached to an aromatic ring is 1. The monoisotopic (exact) mass is 465 g/mol. The fourth-order valence-corrected chi connectivity index (χ4v) is 5.19. The van der Waals surface area contributed by atoms with Gasteiger partial charge in [-0.05, 0) is 36.8 Å². The number of primary amides is 1. The predicted molar refractivity (Wildman–Crippen MR) is 129 cm³/mol. The van der Waals surface area contributed by atoms with Crippen LogP contribution in [0.2, 0.25) is 0 Å². The molecule has 4 aromatic rings. The molecule has 4 heterocycles. The Morgan fingerprint density at radius 3 is 2.52 bits per heavy atom. The normalized spacial score (nSPS) is 14.6. The van der Waals surface area contributed by atoms with E-state index in [9.17, 15) is 9.59 Å². The summed E-state index contributed by atoms with van der Waals surface area (Å²) in [6.45, 7) is 3.37. The number of nitrogens with zero attached hydrogens (tertiary/aromatic N) is 5. The zero-order valence-electron chi connectivity index (χ0n) is 18.0. The van der Waals surface area contributed by atoms with E-state index in [1.807, 2.05) is 30.3 Å².